The number of carbonyl (C=O) groups is 1. The van der Waals surface area contributed by atoms with Gasteiger partial charge in [-0.2, -0.15) is 5.26 Å². The van der Waals surface area contributed by atoms with Crippen molar-refractivity contribution >= 4 is 57.6 Å². The third-order valence-corrected chi connectivity index (χ3v) is 4.56. The molecule has 8 heteroatoms. The minimum atomic E-state index is -0.195. The van der Waals surface area contributed by atoms with E-state index in [-0.39, 0.29) is 11.7 Å². The second kappa shape index (κ2) is 7.14. The van der Waals surface area contributed by atoms with Gasteiger partial charge in [-0.3, -0.25) is 4.79 Å². The second-order valence-corrected chi connectivity index (χ2v) is 6.65. The van der Waals surface area contributed by atoms with Crippen LogP contribution in [0.4, 0.5) is 5.69 Å². The lowest BCUT2D eigenvalue weighted by atomic mass is 10.2. The Hall–Kier alpha value is -2.20. The molecule has 3 aromatic rings. The van der Waals surface area contributed by atoms with Gasteiger partial charge in [0.2, 0.25) is 5.91 Å². The summed E-state index contributed by atoms with van der Waals surface area (Å²) < 4.78 is 0. The van der Waals surface area contributed by atoms with Crippen molar-refractivity contribution in [1.29, 1.82) is 5.26 Å². The summed E-state index contributed by atoms with van der Waals surface area (Å²) in [7, 11) is 0. The molecule has 5 nitrogen and oxygen atoms in total. The molecule has 2 aromatic carbocycles. The lowest BCUT2D eigenvalue weighted by Crippen LogP contribution is -2.14. The third-order valence-electron chi connectivity index (χ3n) is 3.14. The van der Waals surface area contributed by atoms with Crippen molar-refractivity contribution < 1.29 is 4.79 Å². The van der Waals surface area contributed by atoms with Gasteiger partial charge in [-0.05, 0) is 36.4 Å². The fourth-order valence-corrected chi connectivity index (χ4v) is 3.11. The first-order valence-corrected chi connectivity index (χ1v) is 8.57. The van der Waals surface area contributed by atoms with Crippen LogP contribution < -0.4 is 5.32 Å². The molecule has 1 aromatic heterocycles. The molecular formula is C16H10Cl2N4OS. The van der Waals surface area contributed by atoms with E-state index in [1.54, 1.807) is 30.3 Å². The molecule has 0 fully saturated rings. The number of benzene rings is 2. The highest BCUT2D eigenvalue weighted by Gasteiger charge is 2.09. The molecule has 0 spiro atoms. The Morgan fingerprint density at radius 3 is 2.88 bits per heavy atom. The molecule has 24 heavy (non-hydrogen) atoms. The van der Waals surface area contributed by atoms with E-state index in [1.807, 2.05) is 12.1 Å². The number of aromatic nitrogens is 2. The molecule has 0 saturated heterocycles. The lowest BCUT2D eigenvalue weighted by Gasteiger charge is -2.05. The highest BCUT2D eigenvalue weighted by molar-refractivity contribution is 7.99. The van der Waals surface area contributed by atoms with E-state index in [0.29, 0.717) is 26.5 Å². The maximum Gasteiger partial charge on any atom is 0.234 e. The fraction of sp³-hybridized carbons (Fsp3) is 0.0625. The SMILES string of the molecule is N#Cc1ccc(NC(=O)CSc2nc3cc(Cl)ccc3[nH]2)cc1Cl. The van der Waals surface area contributed by atoms with E-state index in [1.165, 1.54) is 11.8 Å². The summed E-state index contributed by atoms with van der Waals surface area (Å²) >= 11 is 13.1. The van der Waals surface area contributed by atoms with Gasteiger partial charge in [-0.1, -0.05) is 35.0 Å². The first-order chi connectivity index (χ1) is 11.5. The molecule has 0 bridgehead atoms. The molecular weight excluding hydrogens is 367 g/mol. The molecule has 2 N–H and O–H groups in total. The molecule has 3 rings (SSSR count). The van der Waals surface area contributed by atoms with Crippen LogP contribution in [0.1, 0.15) is 5.56 Å². The van der Waals surface area contributed by atoms with Crippen LogP contribution in [0.25, 0.3) is 11.0 Å². The monoisotopic (exact) mass is 376 g/mol. The minimum Gasteiger partial charge on any atom is -0.333 e. The zero-order valence-electron chi connectivity index (χ0n) is 12.1. The van der Waals surface area contributed by atoms with Crippen molar-refractivity contribution in [3.8, 4) is 6.07 Å². The van der Waals surface area contributed by atoms with Crippen LogP contribution in [0.3, 0.4) is 0 Å². The number of halogens is 2. The minimum absolute atomic E-state index is 0.186. The van der Waals surface area contributed by atoms with E-state index in [4.69, 9.17) is 28.5 Å². The van der Waals surface area contributed by atoms with Crippen molar-refractivity contribution in [3.63, 3.8) is 0 Å². The molecule has 0 aliphatic rings. The number of anilines is 1. The number of hydrogen-bond donors (Lipinski definition) is 2. The van der Waals surface area contributed by atoms with Gasteiger partial charge in [0, 0.05) is 10.7 Å². The van der Waals surface area contributed by atoms with Gasteiger partial charge in [0.15, 0.2) is 5.16 Å². The fourth-order valence-electron chi connectivity index (χ4n) is 2.04. The highest BCUT2D eigenvalue weighted by Crippen LogP contribution is 2.23. The zero-order chi connectivity index (χ0) is 17.1. The Morgan fingerprint density at radius 2 is 2.12 bits per heavy atom. The summed E-state index contributed by atoms with van der Waals surface area (Å²) in [6.45, 7) is 0. The predicted octanol–water partition coefficient (Wildman–Crippen LogP) is 4.47. The van der Waals surface area contributed by atoms with Crippen molar-refractivity contribution in [1.82, 2.24) is 9.97 Å². The van der Waals surface area contributed by atoms with E-state index < -0.39 is 0 Å². The smallest absolute Gasteiger partial charge is 0.234 e. The number of nitrogens with zero attached hydrogens (tertiary/aromatic N) is 2. The number of aromatic amines is 1. The number of nitrogens with one attached hydrogen (secondary N) is 2. The number of rotatable bonds is 4. The maximum absolute atomic E-state index is 12.0. The summed E-state index contributed by atoms with van der Waals surface area (Å²) in [4.78, 5) is 19.5. The van der Waals surface area contributed by atoms with E-state index in [2.05, 4.69) is 15.3 Å². The van der Waals surface area contributed by atoms with Gasteiger partial charge in [0.25, 0.3) is 0 Å². The van der Waals surface area contributed by atoms with E-state index in [9.17, 15) is 4.79 Å². The molecule has 0 atom stereocenters. The first-order valence-electron chi connectivity index (χ1n) is 6.83. The Bertz CT molecular complexity index is 964. The van der Waals surface area contributed by atoms with Crippen LogP contribution >= 0.6 is 35.0 Å². The summed E-state index contributed by atoms with van der Waals surface area (Å²) in [6, 6.07) is 12.1. The number of hydrogen-bond acceptors (Lipinski definition) is 4. The van der Waals surface area contributed by atoms with Crippen LogP contribution in [-0.2, 0) is 4.79 Å². The predicted molar refractivity (Wildman–Crippen MR) is 96.6 cm³/mol. The van der Waals surface area contributed by atoms with E-state index >= 15 is 0 Å². The Kier molecular flexibility index (Phi) is 4.95. The van der Waals surface area contributed by atoms with Crippen molar-refractivity contribution in [2.75, 3.05) is 11.1 Å². The molecule has 1 heterocycles. The normalized spacial score (nSPS) is 10.5. The van der Waals surface area contributed by atoms with Gasteiger partial charge < -0.3 is 10.3 Å². The molecule has 0 aliphatic heterocycles. The second-order valence-electron chi connectivity index (χ2n) is 4.85. The van der Waals surface area contributed by atoms with Gasteiger partial charge in [-0.15, -0.1) is 0 Å². The van der Waals surface area contributed by atoms with Crippen LogP contribution in [0.2, 0.25) is 10.0 Å². The maximum atomic E-state index is 12.0. The van der Waals surface area contributed by atoms with Crippen molar-refractivity contribution in [2.45, 2.75) is 5.16 Å². The zero-order valence-corrected chi connectivity index (χ0v) is 14.5. The molecule has 0 unspecified atom stereocenters. The number of carbonyl (C=O) groups excluding carboxylic acids is 1. The molecule has 0 aliphatic carbocycles. The van der Waals surface area contributed by atoms with Crippen molar-refractivity contribution in [2.24, 2.45) is 0 Å². The summed E-state index contributed by atoms with van der Waals surface area (Å²) in [5, 5.41) is 13.1. The highest BCUT2D eigenvalue weighted by atomic mass is 35.5. The summed E-state index contributed by atoms with van der Waals surface area (Å²) in [6.07, 6.45) is 0. The van der Waals surface area contributed by atoms with E-state index in [0.717, 1.165) is 11.0 Å². The van der Waals surface area contributed by atoms with Crippen LogP contribution in [0.15, 0.2) is 41.6 Å². The topological polar surface area (TPSA) is 81.6 Å². The summed E-state index contributed by atoms with van der Waals surface area (Å²) in [5.41, 5.74) is 2.52. The quantitative estimate of drug-likeness (QED) is 0.658. The van der Waals surface area contributed by atoms with Gasteiger partial charge in [0.1, 0.15) is 6.07 Å². The third kappa shape index (κ3) is 3.82. The van der Waals surface area contributed by atoms with Crippen LogP contribution in [0.5, 0.6) is 0 Å². The molecule has 1 amide bonds. The standard InChI is InChI=1S/C16H10Cl2N4OS/c17-10-2-4-13-14(5-10)22-16(21-13)24-8-15(23)20-11-3-1-9(7-19)12(18)6-11/h1-6H,8H2,(H,20,23)(H,21,22). The van der Waals surface area contributed by atoms with Gasteiger partial charge in [0.05, 0.1) is 27.4 Å². The van der Waals surface area contributed by atoms with Gasteiger partial charge in [-0.25, -0.2) is 4.98 Å². The van der Waals surface area contributed by atoms with Crippen LogP contribution in [-0.4, -0.2) is 21.6 Å². The Labute approximate surface area is 152 Å². The van der Waals surface area contributed by atoms with Crippen LogP contribution in [0, 0.1) is 11.3 Å². The Balaban J connectivity index is 1.62. The first kappa shape index (κ1) is 16.7. The molecule has 120 valence electrons. The number of fused-ring (bicyclic) bond motifs is 1. The number of nitriles is 1. The lowest BCUT2D eigenvalue weighted by molar-refractivity contribution is -0.113. The molecule has 0 radical (unpaired) electrons. The van der Waals surface area contributed by atoms with Crippen molar-refractivity contribution in [3.05, 3.63) is 52.0 Å². The largest absolute Gasteiger partial charge is 0.333 e. The summed E-state index contributed by atoms with van der Waals surface area (Å²) in [5.74, 6) is -0.00944. The average Bonchev–Trinajstić information content (AvgIpc) is 2.95. The number of thioether (sulfide) groups is 1. The number of imidazole rings is 1. The average molecular weight is 377 g/mol. The molecule has 0 saturated carbocycles. The number of H-pyrrole nitrogens is 1. The Morgan fingerprint density at radius 1 is 1.29 bits per heavy atom. The van der Waals surface area contributed by atoms with Gasteiger partial charge >= 0.3 is 0 Å². The number of amides is 1.